The van der Waals surface area contributed by atoms with Gasteiger partial charge in [0.15, 0.2) is 5.78 Å². The number of nitrogens with zero attached hydrogens (tertiary/aromatic N) is 2. The Balaban J connectivity index is 1.52. The fraction of sp³-hybridized carbons (Fsp3) is 0.370. The van der Waals surface area contributed by atoms with Gasteiger partial charge in [0.05, 0.1) is 9.92 Å². The molecule has 1 saturated heterocycles. The van der Waals surface area contributed by atoms with E-state index in [2.05, 4.69) is 4.57 Å². The summed E-state index contributed by atoms with van der Waals surface area (Å²) in [6.07, 6.45) is 8.67. The molecule has 7 heteroatoms. The van der Waals surface area contributed by atoms with Gasteiger partial charge in [-0.15, -0.1) is 0 Å². The van der Waals surface area contributed by atoms with Crippen molar-refractivity contribution in [3.63, 3.8) is 0 Å². The molecule has 0 unspecified atom stereocenters. The third-order valence-electron chi connectivity index (χ3n) is 7.07. The minimum atomic E-state index is -3.48. The minimum absolute atomic E-state index is 0.0516. The van der Waals surface area contributed by atoms with Crippen molar-refractivity contribution in [3.8, 4) is 5.69 Å². The van der Waals surface area contributed by atoms with Crippen LogP contribution in [0.25, 0.3) is 5.69 Å². The predicted molar refractivity (Wildman–Crippen MR) is 135 cm³/mol. The van der Waals surface area contributed by atoms with Crippen LogP contribution in [0, 0.1) is 6.92 Å². The Morgan fingerprint density at radius 3 is 2.32 bits per heavy atom. The molecule has 0 spiro atoms. The van der Waals surface area contributed by atoms with E-state index in [4.69, 9.17) is 11.6 Å². The molecule has 0 radical (unpaired) electrons. The average Bonchev–Trinajstić information content (AvgIpc) is 3.24. The molecule has 1 aliphatic carbocycles. The van der Waals surface area contributed by atoms with Crippen molar-refractivity contribution in [2.45, 2.75) is 56.8 Å². The van der Waals surface area contributed by atoms with E-state index in [0.29, 0.717) is 34.1 Å². The van der Waals surface area contributed by atoms with Gasteiger partial charge in [-0.1, -0.05) is 30.2 Å². The van der Waals surface area contributed by atoms with Crippen molar-refractivity contribution in [3.05, 3.63) is 81.6 Å². The number of hydrogen-bond donors (Lipinski definition) is 0. The molecule has 2 heterocycles. The van der Waals surface area contributed by atoms with E-state index in [1.165, 1.54) is 0 Å². The van der Waals surface area contributed by atoms with Gasteiger partial charge in [0.2, 0.25) is 10.0 Å². The molecule has 3 aromatic rings. The molecule has 2 aromatic carbocycles. The number of rotatable bonds is 5. The average molecular weight is 497 g/mol. The molecule has 1 fully saturated rings. The highest BCUT2D eigenvalue weighted by molar-refractivity contribution is 7.89. The van der Waals surface area contributed by atoms with Gasteiger partial charge in [0, 0.05) is 41.8 Å². The first-order chi connectivity index (χ1) is 16.4. The summed E-state index contributed by atoms with van der Waals surface area (Å²) in [7, 11) is -3.48. The van der Waals surface area contributed by atoms with Crippen LogP contribution in [0.15, 0.2) is 53.6 Å². The number of carbonyl (C=O) groups is 1. The number of halogens is 1. The van der Waals surface area contributed by atoms with Gasteiger partial charge in [-0.2, -0.15) is 4.31 Å². The summed E-state index contributed by atoms with van der Waals surface area (Å²) in [6.45, 7) is 3.08. The predicted octanol–water partition coefficient (Wildman–Crippen LogP) is 5.72. The zero-order valence-corrected chi connectivity index (χ0v) is 21.0. The number of hydrogen-bond acceptors (Lipinski definition) is 3. The van der Waals surface area contributed by atoms with Gasteiger partial charge in [0.25, 0.3) is 0 Å². The minimum Gasteiger partial charge on any atom is -0.320 e. The van der Waals surface area contributed by atoms with Gasteiger partial charge in [0.1, 0.15) is 0 Å². The number of piperidine rings is 1. The van der Waals surface area contributed by atoms with Gasteiger partial charge >= 0.3 is 0 Å². The van der Waals surface area contributed by atoms with E-state index in [1.54, 1.807) is 22.5 Å². The summed E-state index contributed by atoms with van der Waals surface area (Å²) >= 11 is 6.42. The third-order valence-corrected chi connectivity index (χ3v) is 9.30. The van der Waals surface area contributed by atoms with Gasteiger partial charge < -0.3 is 4.57 Å². The van der Waals surface area contributed by atoms with E-state index < -0.39 is 10.0 Å². The molecular formula is C27H29ClN2O3S. The molecular weight excluding hydrogens is 468 g/mol. The molecule has 0 saturated carbocycles. The van der Waals surface area contributed by atoms with Crippen molar-refractivity contribution in [2.75, 3.05) is 13.1 Å². The first-order valence-corrected chi connectivity index (χ1v) is 13.8. The topological polar surface area (TPSA) is 59.4 Å². The Morgan fingerprint density at radius 1 is 0.912 bits per heavy atom. The maximum Gasteiger partial charge on any atom is 0.243 e. The molecule has 0 atom stereocenters. The van der Waals surface area contributed by atoms with Crippen LogP contribution in [-0.4, -0.2) is 36.2 Å². The largest absolute Gasteiger partial charge is 0.320 e. The summed E-state index contributed by atoms with van der Waals surface area (Å²) in [5, 5.41) is 0.467. The van der Waals surface area contributed by atoms with E-state index in [-0.39, 0.29) is 5.78 Å². The van der Waals surface area contributed by atoms with Gasteiger partial charge in [-0.25, -0.2) is 8.42 Å². The molecule has 0 bridgehead atoms. The van der Waals surface area contributed by atoms with Crippen LogP contribution in [0.5, 0.6) is 0 Å². The fourth-order valence-corrected chi connectivity index (χ4v) is 7.07. The first kappa shape index (κ1) is 23.3. The zero-order chi connectivity index (χ0) is 23.9. The van der Waals surface area contributed by atoms with Gasteiger partial charge in [-0.3, -0.25) is 4.79 Å². The zero-order valence-electron chi connectivity index (χ0n) is 19.4. The van der Waals surface area contributed by atoms with Crippen LogP contribution >= 0.6 is 11.6 Å². The van der Waals surface area contributed by atoms with Crippen molar-refractivity contribution in [2.24, 2.45) is 0 Å². The summed E-state index contributed by atoms with van der Waals surface area (Å²) in [4.78, 5) is 13.9. The Kier molecular flexibility index (Phi) is 6.40. The summed E-state index contributed by atoms with van der Waals surface area (Å²) < 4.78 is 29.7. The lowest BCUT2D eigenvalue weighted by molar-refractivity contribution is 0.103. The van der Waals surface area contributed by atoms with E-state index in [9.17, 15) is 13.2 Å². The Labute approximate surface area is 206 Å². The SMILES string of the molecule is Cc1cccc(Cl)c1C(=O)c1cn(-c2ccc(S(=O)(=O)N3CCCCC3)cc2)c2c1CCCC2. The number of sulfonamides is 1. The lowest BCUT2D eigenvalue weighted by Gasteiger charge is -2.26. The third kappa shape index (κ3) is 4.12. The lowest BCUT2D eigenvalue weighted by Crippen LogP contribution is -2.35. The quantitative estimate of drug-likeness (QED) is 0.424. The fourth-order valence-electron chi connectivity index (χ4n) is 5.24. The molecule has 5 rings (SSSR count). The summed E-state index contributed by atoms with van der Waals surface area (Å²) in [5.41, 5.74) is 5.19. The van der Waals surface area contributed by atoms with E-state index >= 15 is 0 Å². The molecule has 5 nitrogen and oxygen atoms in total. The van der Waals surface area contributed by atoms with E-state index in [1.807, 2.05) is 37.4 Å². The highest BCUT2D eigenvalue weighted by Crippen LogP contribution is 2.33. The summed E-state index contributed by atoms with van der Waals surface area (Å²) in [6, 6.07) is 12.6. The highest BCUT2D eigenvalue weighted by Gasteiger charge is 2.28. The van der Waals surface area contributed by atoms with Crippen molar-refractivity contribution in [1.29, 1.82) is 0 Å². The van der Waals surface area contributed by atoms with Crippen LogP contribution < -0.4 is 0 Å². The first-order valence-electron chi connectivity index (χ1n) is 12.0. The Bertz CT molecular complexity index is 1320. The number of aromatic nitrogens is 1. The van der Waals surface area contributed by atoms with E-state index in [0.717, 1.165) is 67.5 Å². The lowest BCUT2D eigenvalue weighted by atomic mass is 9.91. The molecule has 0 amide bonds. The van der Waals surface area contributed by atoms with Crippen LogP contribution in [0.4, 0.5) is 0 Å². The monoisotopic (exact) mass is 496 g/mol. The second-order valence-electron chi connectivity index (χ2n) is 9.26. The van der Waals surface area contributed by atoms with Crippen LogP contribution in [0.1, 0.15) is 64.8 Å². The second-order valence-corrected chi connectivity index (χ2v) is 11.6. The molecule has 34 heavy (non-hydrogen) atoms. The maximum absolute atomic E-state index is 13.6. The number of aryl methyl sites for hydroxylation is 1. The second kappa shape index (κ2) is 9.33. The number of fused-ring (bicyclic) bond motifs is 1. The smallest absolute Gasteiger partial charge is 0.243 e. The van der Waals surface area contributed by atoms with Crippen molar-refractivity contribution < 1.29 is 13.2 Å². The van der Waals surface area contributed by atoms with Crippen LogP contribution in [0.3, 0.4) is 0 Å². The molecule has 178 valence electrons. The van der Waals surface area contributed by atoms with Crippen molar-refractivity contribution in [1.82, 2.24) is 8.87 Å². The molecule has 0 N–H and O–H groups in total. The maximum atomic E-state index is 13.6. The normalized spacial score (nSPS) is 16.9. The molecule has 2 aliphatic rings. The number of benzene rings is 2. The number of carbonyl (C=O) groups excluding carboxylic acids is 1. The standard InChI is InChI=1S/C27H29ClN2O3S/c1-19-8-7-10-24(28)26(19)27(31)23-18-30(25-11-4-3-9-22(23)25)20-12-14-21(15-13-20)34(32,33)29-16-5-2-6-17-29/h7-8,10,12-15,18H,2-6,9,11,16-17H2,1H3. The van der Waals surface area contributed by atoms with Crippen molar-refractivity contribution >= 4 is 27.4 Å². The Morgan fingerprint density at radius 2 is 1.62 bits per heavy atom. The molecule has 1 aromatic heterocycles. The van der Waals surface area contributed by atoms with Crippen LogP contribution in [-0.2, 0) is 22.9 Å². The van der Waals surface area contributed by atoms with Crippen LogP contribution in [0.2, 0.25) is 5.02 Å². The number of ketones is 1. The Hall–Kier alpha value is -2.41. The summed E-state index contributed by atoms with van der Waals surface area (Å²) in [5.74, 6) is -0.0516. The van der Waals surface area contributed by atoms with Gasteiger partial charge in [-0.05, 0) is 86.9 Å². The highest BCUT2D eigenvalue weighted by atomic mass is 35.5. The molecule has 1 aliphatic heterocycles.